The molecule has 19 heavy (non-hydrogen) atoms. The maximum Gasteiger partial charge on any atom is 0.307 e. The van der Waals surface area contributed by atoms with Crippen molar-refractivity contribution in [2.24, 2.45) is 23.7 Å². The summed E-state index contributed by atoms with van der Waals surface area (Å²) < 4.78 is 0. The third-order valence-corrected chi connectivity index (χ3v) is 5.09. The molecule has 0 aromatic carbocycles. The highest BCUT2D eigenvalue weighted by molar-refractivity contribution is 5.85. The fraction of sp³-hybridized carbons (Fsp3) is 0.867. The SMILES string of the molecule is CC1CC(C(=O)O)C(C(=O)N2CCCC(C)C2C)C1. The van der Waals surface area contributed by atoms with Gasteiger partial charge in [-0.1, -0.05) is 13.8 Å². The van der Waals surface area contributed by atoms with Crippen LogP contribution < -0.4 is 0 Å². The molecule has 0 aromatic heterocycles. The van der Waals surface area contributed by atoms with Crippen molar-refractivity contribution >= 4 is 11.9 Å². The van der Waals surface area contributed by atoms with Gasteiger partial charge in [0.15, 0.2) is 0 Å². The van der Waals surface area contributed by atoms with Crippen LogP contribution in [0.4, 0.5) is 0 Å². The molecule has 1 heterocycles. The highest BCUT2D eigenvalue weighted by Gasteiger charge is 2.44. The fourth-order valence-corrected chi connectivity index (χ4v) is 3.70. The second-order valence-electron chi connectivity index (χ2n) is 6.52. The van der Waals surface area contributed by atoms with E-state index in [0.717, 1.165) is 25.8 Å². The molecule has 2 aliphatic rings. The average Bonchev–Trinajstić information content (AvgIpc) is 2.74. The van der Waals surface area contributed by atoms with Crippen LogP contribution in [0.15, 0.2) is 0 Å². The van der Waals surface area contributed by atoms with E-state index in [1.165, 1.54) is 0 Å². The third-order valence-electron chi connectivity index (χ3n) is 5.09. The van der Waals surface area contributed by atoms with Gasteiger partial charge in [0, 0.05) is 12.6 Å². The number of piperidine rings is 1. The summed E-state index contributed by atoms with van der Waals surface area (Å²) in [6, 6.07) is 0.242. The smallest absolute Gasteiger partial charge is 0.307 e. The Morgan fingerprint density at radius 2 is 1.74 bits per heavy atom. The lowest BCUT2D eigenvalue weighted by Crippen LogP contribution is -2.49. The number of carboxylic acids is 1. The van der Waals surface area contributed by atoms with E-state index in [1.807, 2.05) is 11.8 Å². The van der Waals surface area contributed by atoms with E-state index >= 15 is 0 Å². The van der Waals surface area contributed by atoms with E-state index in [1.54, 1.807) is 0 Å². The lowest BCUT2D eigenvalue weighted by atomic mass is 9.88. The van der Waals surface area contributed by atoms with Crippen molar-refractivity contribution in [1.29, 1.82) is 0 Å². The number of nitrogens with zero attached hydrogens (tertiary/aromatic N) is 1. The molecular weight excluding hydrogens is 242 g/mol. The monoisotopic (exact) mass is 267 g/mol. The van der Waals surface area contributed by atoms with Crippen molar-refractivity contribution in [2.75, 3.05) is 6.54 Å². The Bertz CT molecular complexity index is 368. The first-order chi connectivity index (χ1) is 8.91. The van der Waals surface area contributed by atoms with Gasteiger partial charge in [-0.2, -0.15) is 0 Å². The zero-order chi connectivity index (χ0) is 14.2. The molecule has 1 N–H and O–H groups in total. The molecule has 1 saturated carbocycles. The Morgan fingerprint density at radius 1 is 1.11 bits per heavy atom. The highest BCUT2D eigenvalue weighted by Crippen LogP contribution is 2.38. The van der Waals surface area contributed by atoms with Gasteiger partial charge in [-0.05, 0) is 44.4 Å². The summed E-state index contributed by atoms with van der Waals surface area (Å²) in [6.45, 7) is 7.11. The Balaban J connectivity index is 2.11. The molecule has 1 saturated heterocycles. The number of carbonyl (C=O) groups excluding carboxylic acids is 1. The molecule has 1 aliphatic heterocycles. The van der Waals surface area contributed by atoms with Crippen LogP contribution in [-0.4, -0.2) is 34.5 Å². The summed E-state index contributed by atoms with van der Waals surface area (Å²) >= 11 is 0. The van der Waals surface area contributed by atoms with E-state index in [0.29, 0.717) is 18.3 Å². The molecule has 0 radical (unpaired) electrons. The predicted octanol–water partition coefficient (Wildman–Crippen LogP) is 2.38. The minimum atomic E-state index is -0.805. The molecule has 2 rings (SSSR count). The number of hydrogen-bond acceptors (Lipinski definition) is 2. The van der Waals surface area contributed by atoms with Gasteiger partial charge >= 0.3 is 5.97 Å². The minimum absolute atomic E-state index is 0.0794. The number of rotatable bonds is 2. The molecule has 0 bridgehead atoms. The average molecular weight is 267 g/mol. The first kappa shape index (κ1) is 14.4. The standard InChI is InChI=1S/C15H25NO3/c1-9-7-12(13(8-9)15(18)19)14(17)16-6-4-5-10(2)11(16)3/h9-13H,4-8H2,1-3H3,(H,18,19). The van der Waals surface area contributed by atoms with Gasteiger partial charge in [-0.15, -0.1) is 0 Å². The van der Waals surface area contributed by atoms with Crippen LogP contribution in [0.1, 0.15) is 46.5 Å². The normalized spacial score (nSPS) is 39.3. The summed E-state index contributed by atoms with van der Waals surface area (Å²) in [5.74, 6) is -0.657. The van der Waals surface area contributed by atoms with Gasteiger partial charge in [-0.25, -0.2) is 0 Å². The Morgan fingerprint density at radius 3 is 2.37 bits per heavy atom. The van der Waals surface area contributed by atoms with E-state index < -0.39 is 11.9 Å². The zero-order valence-corrected chi connectivity index (χ0v) is 12.1. The van der Waals surface area contributed by atoms with E-state index in [9.17, 15) is 14.7 Å². The number of aliphatic carboxylic acids is 1. The Hall–Kier alpha value is -1.06. The Kier molecular flexibility index (Phi) is 4.16. The molecule has 4 nitrogen and oxygen atoms in total. The van der Waals surface area contributed by atoms with Crippen molar-refractivity contribution in [3.8, 4) is 0 Å². The fourth-order valence-electron chi connectivity index (χ4n) is 3.70. The third kappa shape index (κ3) is 2.77. The summed E-state index contributed by atoms with van der Waals surface area (Å²) in [6.07, 6.45) is 3.57. The van der Waals surface area contributed by atoms with Gasteiger partial charge in [0.1, 0.15) is 0 Å². The summed E-state index contributed by atoms with van der Waals surface area (Å²) in [5.41, 5.74) is 0. The topological polar surface area (TPSA) is 57.6 Å². The van der Waals surface area contributed by atoms with Crippen molar-refractivity contribution in [1.82, 2.24) is 4.90 Å². The lowest BCUT2D eigenvalue weighted by Gasteiger charge is -2.39. The highest BCUT2D eigenvalue weighted by atomic mass is 16.4. The predicted molar refractivity (Wildman–Crippen MR) is 72.6 cm³/mol. The van der Waals surface area contributed by atoms with Crippen LogP contribution in [0.3, 0.4) is 0 Å². The quantitative estimate of drug-likeness (QED) is 0.835. The van der Waals surface area contributed by atoms with Crippen LogP contribution in [0.5, 0.6) is 0 Å². The summed E-state index contributed by atoms with van der Waals surface area (Å²) in [4.78, 5) is 25.9. The van der Waals surface area contributed by atoms with Gasteiger partial charge in [0.25, 0.3) is 0 Å². The van der Waals surface area contributed by atoms with Crippen LogP contribution in [0, 0.1) is 23.7 Å². The summed E-state index contributed by atoms with van der Waals surface area (Å²) in [7, 11) is 0. The van der Waals surface area contributed by atoms with Crippen molar-refractivity contribution in [2.45, 2.75) is 52.5 Å². The molecule has 0 spiro atoms. The number of carboxylic acid groups (broad SMARTS) is 1. The van der Waals surface area contributed by atoms with Gasteiger partial charge in [0.2, 0.25) is 5.91 Å². The molecule has 5 atom stereocenters. The van der Waals surface area contributed by atoms with Gasteiger partial charge in [-0.3, -0.25) is 9.59 Å². The maximum atomic E-state index is 12.7. The van der Waals surface area contributed by atoms with Gasteiger partial charge < -0.3 is 10.0 Å². The Labute approximate surface area is 115 Å². The molecule has 1 aliphatic carbocycles. The van der Waals surface area contributed by atoms with Crippen LogP contribution >= 0.6 is 0 Å². The number of likely N-dealkylation sites (tertiary alicyclic amines) is 1. The molecule has 5 unspecified atom stereocenters. The van der Waals surface area contributed by atoms with E-state index in [4.69, 9.17) is 0 Å². The van der Waals surface area contributed by atoms with Crippen molar-refractivity contribution in [3.05, 3.63) is 0 Å². The molecular formula is C15H25NO3. The summed E-state index contributed by atoms with van der Waals surface area (Å²) in [5, 5.41) is 9.30. The van der Waals surface area contributed by atoms with Crippen LogP contribution in [0.2, 0.25) is 0 Å². The van der Waals surface area contributed by atoms with Crippen LogP contribution in [-0.2, 0) is 9.59 Å². The second kappa shape index (κ2) is 5.51. The second-order valence-corrected chi connectivity index (χ2v) is 6.52. The molecule has 4 heteroatoms. The molecule has 2 fully saturated rings. The largest absolute Gasteiger partial charge is 0.481 e. The van der Waals surface area contributed by atoms with E-state index in [2.05, 4.69) is 13.8 Å². The minimum Gasteiger partial charge on any atom is -0.481 e. The zero-order valence-electron chi connectivity index (χ0n) is 12.1. The van der Waals surface area contributed by atoms with Gasteiger partial charge in [0.05, 0.1) is 11.8 Å². The van der Waals surface area contributed by atoms with Crippen LogP contribution in [0.25, 0.3) is 0 Å². The first-order valence-corrected chi connectivity index (χ1v) is 7.45. The van der Waals surface area contributed by atoms with Crippen molar-refractivity contribution < 1.29 is 14.7 Å². The molecule has 0 aromatic rings. The number of amides is 1. The lowest BCUT2D eigenvalue weighted by molar-refractivity contribution is -0.151. The molecule has 108 valence electrons. The first-order valence-electron chi connectivity index (χ1n) is 7.45. The number of hydrogen-bond donors (Lipinski definition) is 1. The maximum absolute atomic E-state index is 12.7. The number of carbonyl (C=O) groups is 2. The van der Waals surface area contributed by atoms with E-state index in [-0.39, 0.29) is 17.9 Å². The molecule has 1 amide bonds. The van der Waals surface area contributed by atoms with Crippen molar-refractivity contribution in [3.63, 3.8) is 0 Å².